The molecule has 10 heavy (non-hydrogen) atoms. The van der Waals surface area contributed by atoms with Crippen LogP contribution in [0, 0.1) is 17.8 Å². The van der Waals surface area contributed by atoms with Crippen molar-refractivity contribution < 1.29 is 4.79 Å². The summed E-state index contributed by atoms with van der Waals surface area (Å²) in [5.41, 5.74) is 0. The molecule has 1 aliphatic carbocycles. The van der Waals surface area contributed by atoms with Crippen molar-refractivity contribution in [2.75, 3.05) is 0 Å². The number of fused-ring (bicyclic) bond motifs is 1. The number of amides is 1. The number of rotatable bonds is 0. The number of hydrogen-bond donors (Lipinski definition) is 1. The Hall–Kier alpha value is -0.530. The maximum atomic E-state index is 10.9. The maximum Gasteiger partial charge on any atom is 0.220 e. The van der Waals surface area contributed by atoms with Crippen molar-refractivity contribution in [3.05, 3.63) is 0 Å². The molecule has 4 unspecified atom stereocenters. The summed E-state index contributed by atoms with van der Waals surface area (Å²) in [6.45, 7) is 4.40. The second kappa shape index (κ2) is 1.74. The van der Waals surface area contributed by atoms with Gasteiger partial charge >= 0.3 is 0 Å². The summed E-state index contributed by atoms with van der Waals surface area (Å²) in [6, 6.07) is 0.524. The quantitative estimate of drug-likeness (QED) is 0.528. The minimum absolute atomic E-state index is 0.248. The van der Waals surface area contributed by atoms with Gasteiger partial charge in [0.2, 0.25) is 5.91 Å². The van der Waals surface area contributed by atoms with Crippen molar-refractivity contribution in [1.82, 2.24) is 5.32 Å². The molecule has 1 amide bonds. The van der Waals surface area contributed by atoms with Crippen LogP contribution in [0.2, 0.25) is 0 Å². The highest BCUT2D eigenvalue weighted by Gasteiger charge is 2.53. The van der Waals surface area contributed by atoms with Crippen LogP contribution in [0.25, 0.3) is 0 Å². The molecular formula is C8H13NO. The molecule has 56 valence electrons. The van der Waals surface area contributed by atoms with Gasteiger partial charge in [0.05, 0.1) is 0 Å². The molecule has 0 aromatic heterocycles. The maximum absolute atomic E-state index is 10.9. The van der Waals surface area contributed by atoms with Gasteiger partial charge in [-0.1, -0.05) is 13.8 Å². The second-order valence-electron chi connectivity index (χ2n) is 3.71. The third-order valence-electron chi connectivity index (χ3n) is 2.94. The van der Waals surface area contributed by atoms with Gasteiger partial charge in [-0.05, 0) is 17.8 Å². The van der Waals surface area contributed by atoms with E-state index >= 15 is 0 Å². The van der Waals surface area contributed by atoms with Gasteiger partial charge in [-0.15, -0.1) is 0 Å². The van der Waals surface area contributed by atoms with Crippen LogP contribution in [0.1, 0.15) is 20.3 Å². The molecule has 1 saturated heterocycles. The van der Waals surface area contributed by atoms with E-state index in [-0.39, 0.29) is 5.91 Å². The van der Waals surface area contributed by atoms with Gasteiger partial charge in [0.1, 0.15) is 0 Å². The molecular weight excluding hydrogens is 126 g/mol. The lowest BCUT2D eigenvalue weighted by Gasteiger charge is -2.16. The first kappa shape index (κ1) is 6.20. The zero-order valence-electron chi connectivity index (χ0n) is 6.42. The number of hydrogen-bond acceptors (Lipinski definition) is 1. The largest absolute Gasteiger partial charge is 0.353 e. The summed E-state index contributed by atoms with van der Waals surface area (Å²) in [6.07, 6.45) is 0.742. The predicted octanol–water partition coefficient (Wildman–Crippen LogP) is 0.777. The van der Waals surface area contributed by atoms with E-state index in [2.05, 4.69) is 19.2 Å². The Kier molecular flexibility index (Phi) is 1.08. The Labute approximate surface area is 61.0 Å². The average Bonchev–Trinajstić information content (AvgIpc) is 2.42. The van der Waals surface area contributed by atoms with Gasteiger partial charge in [0.25, 0.3) is 0 Å². The molecule has 0 aromatic rings. The Balaban J connectivity index is 2.09. The highest BCUT2D eigenvalue weighted by molar-refractivity contribution is 5.78. The molecule has 0 aromatic carbocycles. The minimum atomic E-state index is 0.248. The normalized spacial score (nSPS) is 51.6. The molecule has 1 aliphatic heterocycles. The molecule has 2 fully saturated rings. The summed E-state index contributed by atoms with van der Waals surface area (Å²) in [4.78, 5) is 10.9. The van der Waals surface area contributed by atoms with Gasteiger partial charge in [0, 0.05) is 12.5 Å². The molecule has 1 N–H and O–H groups in total. The molecule has 2 rings (SSSR count). The first-order valence-corrected chi connectivity index (χ1v) is 3.99. The Morgan fingerprint density at radius 1 is 1.50 bits per heavy atom. The Morgan fingerprint density at radius 2 is 2.20 bits per heavy atom. The van der Waals surface area contributed by atoms with Crippen molar-refractivity contribution in [2.45, 2.75) is 26.3 Å². The summed E-state index contributed by atoms with van der Waals surface area (Å²) in [5.74, 6) is 2.39. The predicted molar refractivity (Wildman–Crippen MR) is 38.4 cm³/mol. The molecule has 1 heterocycles. The summed E-state index contributed by atoms with van der Waals surface area (Å²) in [7, 11) is 0. The molecule has 4 atom stereocenters. The lowest BCUT2D eigenvalue weighted by Crippen LogP contribution is -2.34. The fraction of sp³-hybridized carbons (Fsp3) is 0.875. The fourth-order valence-corrected chi connectivity index (χ4v) is 2.27. The van der Waals surface area contributed by atoms with E-state index in [0.29, 0.717) is 12.0 Å². The number of nitrogens with one attached hydrogen (secondary N) is 1. The molecule has 2 aliphatic rings. The van der Waals surface area contributed by atoms with Crippen molar-refractivity contribution in [2.24, 2.45) is 17.8 Å². The number of carbonyl (C=O) groups excluding carboxylic acids is 1. The van der Waals surface area contributed by atoms with Crippen LogP contribution in [0.3, 0.4) is 0 Å². The van der Waals surface area contributed by atoms with E-state index in [9.17, 15) is 4.79 Å². The van der Waals surface area contributed by atoms with Gasteiger partial charge in [-0.25, -0.2) is 0 Å². The van der Waals surface area contributed by atoms with Crippen LogP contribution in [0.15, 0.2) is 0 Å². The molecule has 0 radical (unpaired) electrons. The third kappa shape index (κ3) is 0.678. The van der Waals surface area contributed by atoms with Crippen LogP contribution >= 0.6 is 0 Å². The van der Waals surface area contributed by atoms with E-state index in [0.717, 1.165) is 18.3 Å². The van der Waals surface area contributed by atoms with E-state index in [1.165, 1.54) is 0 Å². The lowest BCUT2D eigenvalue weighted by atomic mass is 9.98. The van der Waals surface area contributed by atoms with Crippen LogP contribution in [0.4, 0.5) is 0 Å². The highest BCUT2D eigenvalue weighted by atomic mass is 16.1. The van der Waals surface area contributed by atoms with E-state index in [1.54, 1.807) is 0 Å². The topological polar surface area (TPSA) is 29.1 Å². The molecule has 0 spiro atoms. The zero-order chi connectivity index (χ0) is 7.30. The standard InChI is InChI=1S/C8H13NO/c1-4-3-6(10)9-8-5(2)7(4)8/h4-5,7-8H,3H2,1-2H3,(H,9,10). The van der Waals surface area contributed by atoms with Gasteiger partial charge in [0.15, 0.2) is 0 Å². The SMILES string of the molecule is CC1CC(=O)NC2C(C)C12. The highest BCUT2D eigenvalue weighted by Crippen LogP contribution is 2.47. The fourth-order valence-electron chi connectivity index (χ4n) is 2.27. The van der Waals surface area contributed by atoms with Crippen LogP contribution in [-0.4, -0.2) is 11.9 Å². The Morgan fingerprint density at radius 3 is 2.80 bits per heavy atom. The first-order valence-electron chi connectivity index (χ1n) is 3.99. The minimum Gasteiger partial charge on any atom is -0.353 e. The van der Waals surface area contributed by atoms with E-state index in [1.807, 2.05) is 0 Å². The van der Waals surface area contributed by atoms with Crippen molar-refractivity contribution in [3.63, 3.8) is 0 Å². The molecule has 1 saturated carbocycles. The summed E-state index contributed by atoms with van der Waals surface area (Å²) >= 11 is 0. The molecule has 2 nitrogen and oxygen atoms in total. The van der Waals surface area contributed by atoms with Crippen molar-refractivity contribution >= 4 is 5.91 Å². The van der Waals surface area contributed by atoms with Crippen LogP contribution < -0.4 is 5.32 Å². The summed E-state index contributed by atoms with van der Waals surface area (Å²) in [5, 5.41) is 2.99. The first-order chi connectivity index (χ1) is 4.70. The van der Waals surface area contributed by atoms with E-state index < -0.39 is 0 Å². The molecule has 2 heteroatoms. The van der Waals surface area contributed by atoms with Crippen molar-refractivity contribution in [3.8, 4) is 0 Å². The molecule has 0 bridgehead atoms. The van der Waals surface area contributed by atoms with Crippen LogP contribution in [-0.2, 0) is 4.79 Å². The van der Waals surface area contributed by atoms with Gasteiger partial charge in [-0.2, -0.15) is 0 Å². The van der Waals surface area contributed by atoms with E-state index in [4.69, 9.17) is 0 Å². The van der Waals surface area contributed by atoms with Gasteiger partial charge < -0.3 is 5.32 Å². The smallest absolute Gasteiger partial charge is 0.220 e. The van der Waals surface area contributed by atoms with Crippen molar-refractivity contribution in [1.29, 1.82) is 0 Å². The van der Waals surface area contributed by atoms with Crippen LogP contribution in [0.5, 0.6) is 0 Å². The second-order valence-corrected chi connectivity index (χ2v) is 3.71. The monoisotopic (exact) mass is 139 g/mol. The Bertz CT molecular complexity index is 168. The number of carbonyl (C=O) groups is 1. The summed E-state index contributed by atoms with van der Waals surface area (Å²) < 4.78 is 0. The number of piperidine rings is 1. The third-order valence-corrected chi connectivity index (χ3v) is 2.94. The zero-order valence-corrected chi connectivity index (χ0v) is 6.42. The average molecular weight is 139 g/mol. The lowest BCUT2D eigenvalue weighted by molar-refractivity contribution is -0.123. The van der Waals surface area contributed by atoms with Gasteiger partial charge in [-0.3, -0.25) is 4.79 Å².